The van der Waals surface area contributed by atoms with Crippen LogP contribution in [0.1, 0.15) is 42.0 Å². The molecule has 0 bridgehead atoms. The molecule has 0 saturated carbocycles. The molecule has 1 nitrogen and oxygen atoms in total. The highest BCUT2D eigenvalue weighted by Crippen LogP contribution is 2.05. The van der Waals surface area contributed by atoms with Crippen molar-refractivity contribution in [1.29, 1.82) is 0 Å². The van der Waals surface area contributed by atoms with Gasteiger partial charge in [-0.05, 0) is 12.8 Å². The third-order valence-electron chi connectivity index (χ3n) is 2.10. The summed E-state index contributed by atoms with van der Waals surface area (Å²) in [6.07, 6.45) is 2.56. The second kappa shape index (κ2) is 10.0. The summed E-state index contributed by atoms with van der Waals surface area (Å²) in [5.74, 6) is 1.86. The first-order valence-electron chi connectivity index (χ1n) is 6.02. The van der Waals surface area contributed by atoms with Crippen molar-refractivity contribution in [2.45, 2.75) is 51.1 Å². The highest BCUT2D eigenvalue weighted by Gasteiger charge is 1.98. The third-order valence-corrected chi connectivity index (χ3v) is 4.66. The second-order valence-corrected chi connectivity index (χ2v) is 6.39. The normalized spacial score (nSPS) is 15.6. The monoisotopic (exact) mass is 215 g/mol. The maximum absolute atomic E-state index is 4.94. The molecular weight excluding hydrogens is 187 g/mol. The summed E-state index contributed by atoms with van der Waals surface area (Å²) in [6, 6.07) is 0. The Hall–Kier alpha value is 0.492. The van der Waals surface area contributed by atoms with E-state index >= 15 is 0 Å². The second-order valence-electron chi connectivity index (χ2n) is 4.87. The Morgan fingerprint density at radius 1 is 1.00 bits per heavy atom. The predicted molar refractivity (Wildman–Crippen MR) is 67.2 cm³/mol. The van der Waals surface area contributed by atoms with Gasteiger partial charge in [-0.1, -0.05) is 39.5 Å². The first-order valence-corrected chi connectivity index (χ1v) is 7.65. The van der Waals surface area contributed by atoms with Gasteiger partial charge in [-0.15, -0.1) is 10.6 Å². The minimum absolute atomic E-state index is 0. The van der Waals surface area contributed by atoms with Gasteiger partial charge >= 0.3 is 0 Å². The minimum Gasteiger partial charge on any atom is -0.381 e. The summed E-state index contributed by atoms with van der Waals surface area (Å²) in [4.78, 5) is 0. The maximum atomic E-state index is 4.94. The Kier molecular flexibility index (Phi) is 10.4. The van der Waals surface area contributed by atoms with Gasteiger partial charge in [0.05, 0.1) is 0 Å². The van der Waals surface area contributed by atoms with Crippen LogP contribution < -0.4 is 0 Å². The fraction of sp³-hybridized carbons (Fsp3) is 1.00. The van der Waals surface area contributed by atoms with Crippen molar-refractivity contribution in [2.75, 3.05) is 13.2 Å². The molecular formula is C12H28AlO. The van der Waals surface area contributed by atoms with E-state index in [1.165, 1.54) is 23.4 Å². The van der Waals surface area contributed by atoms with Gasteiger partial charge in [0.15, 0.2) is 0 Å². The van der Waals surface area contributed by atoms with Crippen molar-refractivity contribution >= 4 is 15.2 Å². The fourth-order valence-corrected chi connectivity index (χ4v) is 2.80. The van der Waals surface area contributed by atoms with Crippen LogP contribution in [0.5, 0.6) is 0 Å². The average molecular weight is 215 g/mol. The standard InChI is InChI=1S/C4H8O.2C4H9.Al.H2/c1-2-4-5-3-1;2*1-4(2)3;;/h1-4H2;2*4H,1H2,2-3H3;;1H. The van der Waals surface area contributed by atoms with E-state index in [2.05, 4.69) is 27.7 Å². The van der Waals surface area contributed by atoms with E-state index in [0.717, 1.165) is 40.3 Å². The van der Waals surface area contributed by atoms with E-state index in [9.17, 15) is 0 Å². The Balaban J connectivity index is 0. The highest BCUT2D eigenvalue weighted by atomic mass is 27.1. The molecule has 0 aromatic carbocycles. The fourth-order valence-electron chi connectivity index (χ4n) is 1.27. The van der Waals surface area contributed by atoms with E-state index in [-0.39, 0.29) is 1.43 Å². The molecule has 14 heavy (non-hydrogen) atoms. The van der Waals surface area contributed by atoms with Crippen LogP contribution in [0.4, 0.5) is 0 Å². The molecule has 1 radical (unpaired) electrons. The molecule has 0 aromatic heterocycles. The summed E-state index contributed by atoms with van der Waals surface area (Å²) in [6.45, 7) is 11.3. The Morgan fingerprint density at radius 3 is 1.64 bits per heavy atom. The van der Waals surface area contributed by atoms with Gasteiger partial charge in [0.2, 0.25) is 15.2 Å². The molecule has 0 aromatic rings. The van der Waals surface area contributed by atoms with Crippen LogP contribution >= 0.6 is 0 Å². The zero-order valence-electron chi connectivity index (χ0n) is 10.4. The molecule has 1 fully saturated rings. The number of rotatable bonds is 4. The van der Waals surface area contributed by atoms with E-state index in [1.807, 2.05) is 0 Å². The van der Waals surface area contributed by atoms with Gasteiger partial charge in [0.1, 0.15) is 0 Å². The van der Waals surface area contributed by atoms with Gasteiger partial charge in [-0.3, -0.25) is 0 Å². The SMILES string of the molecule is C1CCOC1.CC(C)[CH2][Al][CH2]C(C)C.[HH]. The lowest BCUT2D eigenvalue weighted by molar-refractivity contribution is 0.198. The molecule has 2 heteroatoms. The van der Waals surface area contributed by atoms with Gasteiger partial charge in [0.25, 0.3) is 0 Å². The number of hydrogen-bond donors (Lipinski definition) is 0. The first kappa shape index (κ1) is 14.5. The smallest absolute Gasteiger partial charge is 0.200 e. The third kappa shape index (κ3) is 12.5. The lowest BCUT2D eigenvalue weighted by atomic mass is 10.3. The van der Waals surface area contributed by atoms with Crippen LogP contribution in [0.2, 0.25) is 10.6 Å². The molecule has 85 valence electrons. The molecule has 0 spiro atoms. The Bertz CT molecular complexity index is 98.6. The van der Waals surface area contributed by atoms with Crippen molar-refractivity contribution < 1.29 is 6.16 Å². The summed E-state index contributed by atoms with van der Waals surface area (Å²) in [5.41, 5.74) is 0. The van der Waals surface area contributed by atoms with Crippen LogP contribution in [0.3, 0.4) is 0 Å². The molecule has 1 aliphatic heterocycles. The molecule has 0 aliphatic carbocycles. The molecule has 0 N–H and O–H groups in total. The van der Waals surface area contributed by atoms with Crippen molar-refractivity contribution in [3.63, 3.8) is 0 Å². The van der Waals surface area contributed by atoms with E-state index in [4.69, 9.17) is 4.74 Å². The zero-order chi connectivity index (χ0) is 10.8. The predicted octanol–water partition coefficient (Wildman–Crippen LogP) is 3.88. The number of hydrogen-bond acceptors (Lipinski definition) is 1. The van der Waals surface area contributed by atoms with Crippen LogP contribution in [-0.4, -0.2) is 28.4 Å². The van der Waals surface area contributed by atoms with E-state index < -0.39 is 0 Å². The van der Waals surface area contributed by atoms with Crippen molar-refractivity contribution in [3.05, 3.63) is 0 Å². The van der Waals surface area contributed by atoms with Crippen molar-refractivity contribution in [2.24, 2.45) is 11.8 Å². The minimum atomic E-state index is 0. The van der Waals surface area contributed by atoms with Crippen molar-refractivity contribution in [1.82, 2.24) is 0 Å². The van der Waals surface area contributed by atoms with Gasteiger partial charge in [-0.25, -0.2) is 0 Å². The lowest BCUT2D eigenvalue weighted by Gasteiger charge is -2.03. The van der Waals surface area contributed by atoms with Crippen LogP contribution in [-0.2, 0) is 4.74 Å². The summed E-state index contributed by atoms with van der Waals surface area (Å²) in [7, 11) is 0. The first-order chi connectivity index (χ1) is 6.63. The number of ether oxygens (including phenoxy) is 1. The molecule has 1 heterocycles. The molecule has 0 amide bonds. The van der Waals surface area contributed by atoms with E-state index in [0.29, 0.717) is 0 Å². The largest absolute Gasteiger partial charge is 0.381 e. The molecule has 1 saturated heterocycles. The summed E-state index contributed by atoms with van der Waals surface area (Å²) in [5, 5.41) is 2.97. The maximum Gasteiger partial charge on any atom is 0.200 e. The van der Waals surface area contributed by atoms with E-state index in [1.54, 1.807) is 0 Å². The van der Waals surface area contributed by atoms with Crippen LogP contribution in [0.15, 0.2) is 0 Å². The van der Waals surface area contributed by atoms with Crippen LogP contribution in [0, 0.1) is 11.8 Å². The van der Waals surface area contributed by atoms with Crippen LogP contribution in [0.25, 0.3) is 0 Å². The summed E-state index contributed by atoms with van der Waals surface area (Å²) >= 11 is 0.755. The zero-order valence-corrected chi connectivity index (χ0v) is 11.5. The average Bonchev–Trinajstić information content (AvgIpc) is 2.58. The van der Waals surface area contributed by atoms with Gasteiger partial charge < -0.3 is 4.74 Å². The molecule has 0 atom stereocenters. The molecule has 0 unspecified atom stereocenters. The Morgan fingerprint density at radius 2 is 1.43 bits per heavy atom. The van der Waals surface area contributed by atoms with Gasteiger partial charge in [-0.2, -0.15) is 0 Å². The Labute approximate surface area is 97.8 Å². The topological polar surface area (TPSA) is 9.23 Å². The van der Waals surface area contributed by atoms with Gasteiger partial charge in [0, 0.05) is 14.6 Å². The molecule has 1 aliphatic rings. The lowest BCUT2D eigenvalue weighted by Crippen LogP contribution is -1.99. The quantitative estimate of drug-likeness (QED) is 0.647. The molecule has 1 rings (SSSR count). The highest BCUT2D eigenvalue weighted by molar-refractivity contribution is 6.35. The summed E-state index contributed by atoms with van der Waals surface area (Å²) < 4.78 is 4.94. The van der Waals surface area contributed by atoms with Crippen molar-refractivity contribution in [3.8, 4) is 0 Å².